The number of pyridine rings is 2. The lowest BCUT2D eigenvalue weighted by Crippen LogP contribution is -2.41. The molecule has 0 radical (unpaired) electrons. The second kappa shape index (κ2) is 6.46. The molecular formula is C18H17ClN4O2. The first-order valence-corrected chi connectivity index (χ1v) is 8.46. The minimum atomic E-state index is -0.222. The van der Waals surface area contributed by atoms with Crippen molar-refractivity contribution in [2.75, 3.05) is 19.7 Å². The average Bonchev–Trinajstić information content (AvgIpc) is 3.05. The van der Waals surface area contributed by atoms with Gasteiger partial charge in [0, 0.05) is 19.7 Å². The number of imidazole rings is 1. The van der Waals surface area contributed by atoms with E-state index in [9.17, 15) is 4.79 Å². The molecule has 4 rings (SSSR count). The zero-order valence-electron chi connectivity index (χ0n) is 13.7. The highest BCUT2D eigenvalue weighted by Gasteiger charge is 2.24. The zero-order chi connectivity index (χ0) is 17.4. The fraction of sp³-hybridized carbons (Fsp3) is 0.278. The summed E-state index contributed by atoms with van der Waals surface area (Å²) < 4.78 is 7.74. The molecule has 0 aromatic carbocycles. The van der Waals surface area contributed by atoms with Gasteiger partial charge in [-0.3, -0.25) is 9.20 Å². The smallest absolute Gasteiger partial charge is 0.219 e. The largest absolute Gasteiger partial charge is 0.368 e. The fourth-order valence-electron chi connectivity index (χ4n) is 3.03. The third-order valence-electron chi connectivity index (χ3n) is 4.34. The van der Waals surface area contributed by atoms with Gasteiger partial charge in [0.25, 0.3) is 0 Å². The van der Waals surface area contributed by atoms with Gasteiger partial charge in [-0.25, -0.2) is 9.97 Å². The van der Waals surface area contributed by atoms with E-state index in [0.717, 1.165) is 22.7 Å². The van der Waals surface area contributed by atoms with Crippen LogP contribution in [0, 0.1) is 0 Å². The molecule has 0 aliphatic carbocycles. The van der Waals surface area contributed by atoms with E-state index in [2.05, 4.69) is 4.98 Å². The van der Waals surface area contributed by atoms with E-state index >= 15 is 0 Å². The van der Waals surface area contributed by atoms with E-state index in [1.807, 2.05) is 40.9 Å². The molecule has 128 valence electrons. The minimum Gasteiger partial charge on any atom is -0.368 e. The Morgan fingerprint density at radius 2 is 2.20 bits per heavy atom. The van der Waals surface area contributed by atoms with Gasteiger partial charge >= 0.3 is 0 Å². The summed E-state index contributed by atoms with van der Waals surface area (Å²) in [4.78, 5) is 22.6. The highest BCUT2D eigenvalue weighted by Crippen LogP contribution is 2.25. The first-order valence-electron chi connectivity index (χ1n) is 8.09. The summed E-state index contributed by atoms with van der Waals surface area (Å²) in [6.07, 6.45) is 3.38. The summed E-state index contributed by atoms with van der Waals surface area (Å²) in [6, 6.07) is 9.47. The van der Waals surface area contributed by atoms with Gasteiger partial charge in [0.2, 0.25) is 5.91 Å². The van der Waals surface area contributed by atoms with Crippen LogP contribution in [0.3, 0.4) is 0 Å². The van der Waals surface area contributed by atoms with Crippen LogP contribution in [0.4, 0.5) is 0 Å². The number of aromatic nitrogens is 3. The Labute approximate surface area is 150 Å². The van der Waals surface area contributed by atoms with Crippen LogP contribution >= 0.6 is 11.6 Å². The number of ether oxygens (including phenoxy) is 1. The van der Waals surface area contributed by atoms with E-state index in [1.165, 1.54) is 0 Å². The molecule has 0 N–H and O–H groups in total. The standard InChI is InChI=1S/C18H17ClN4O2/c1-12(24)22-7-8-25-17(11-22)15-4-2-3-14(21-15)16-9-20-18-6-5-13(19)10-23(16)18/h2-6,9-10,17H,7-8,11H2,1H3/t17-/m1/s1. The monoisotopic (exact) mass is 356 g/mol. The van der Waals surface area contributed by atoms with Gasteiger partial charge in [-0.15, -0.1) is 0 Å². The van der Waals surface area contributed by atoms with Crippen LogP contribution in [0.2, 0.25) is 5.02 Å². The molecule has 7 heteroatoms. The van der Waals surface area contributed by atoms with Gasteiger partial charge in [-0.2, -0.15) is 0 Å². The van der Waals surface area contributed by atoms with Crippen LogP contribution < -0.4 is 0 Å². The number of carbonyl (C=O) groups is 1. The molecule has 25 heavy (non-hydrogen) atoms. The van der Waals surface area contributed by atoms with Crippen molar-refractivity contribution in [2.24, 2.45) is 0 Å². The minimum absolute atomic E-state index is 0.0564. The number of carbonyl (C=O) groups excluding carboxylic acids is 1. The first-order chi connectivity index (χ1) is 12.1. The third kappa shape index (κ3) is 3.10. The van der Waals surface area contributed by atoms with E-state index in [4.69, 9.17) is 21.3 Å². The molecule has 3 aromatic heterocycles. The summed E-state index contributed by atoms with van der Waals surface area (Å²) in [6.45, 7) is 3.23. The molecular weight excluding hydrogens is 340 g/mol. The first kappa shape index (κ1) is 16.1. The van der Waals surface area contributed by atoms with Crippen molar-refractivity contribution in [2.45, 2.75) is 13.0 Å². The predicted octanol–water partition coefficient (Wildman–Crippen LogP) is 2.97. The Hall–Kier alpha value is -2.44. The van der Waals surface area contributed by atoms with Gasteiger partial charge in [-0.05, 0) is 24.3 Å². The molecule has 1 fully saturated rings. The second-order valence-corrected chi connectivity index (χ2v) is 6.43. The predicted molar refractivity (Wildman–Crippen MR) is 94.4 cm³/mol. The van der Waals surface area contributed by atoms with E-state index in [0.29, 0.717) is 24.7 Å². The average molecular weight is 357 g/mol. The molecule has 3 aromatic rings. The van der Waals surface area contributed by atoms with Crippen molar-refractivity contribution in [3.8, 4) is 11.4 Å². The highest BCUT2D eigenvalue weighted by molar-refractivity contribution is 6.30. The molecule has 1 amide bonds. The number of hydrogen-bond donors (Lipinski definition) is 0. The van der Waals surface area contributed by atoms with Gasteiger partial charge < -0.3 is 9.64 Å². The molecule has 1 atom stereocenters. The van der Waals surface area contributed by atoms with E-state index < -0.39 is 0 Å². The van der Waals surface area contributed by atoms with Crippen LogP contribution in [0.1, 0.15) is 18.7 Å². The van der Waals surface area contributed by atoms with Crippen LogP contribution in [-0.2, 0) is 9.53 Å². The van der Waals surface area contributed by atoms with Crippen molar-refractivity contribution in [1.82, 2.24) is 19.3 Å². The maximum atomic E-state index is 11.6. The Bertz CT molecular complexity index is 940. The van der Waals surface area contributed by atoms with Crippen molar-refractivity contribution >= 4 is 23.2 Å². The van der Waals surface area contributed by atoms with Gasteiger partial charge in [0.05, 0.1) is 41.5 Å². The molecule has 0 bridgehead atoms. The van der Waals surface area contributed by atoms with E-state index in [-0.39, 0.29) is 12.0 Å². The normalized spacial score (nSPS) is 17.8. The number of morpholine rings is 1. The summed E-state index contributed by atoms with van der Waals surface area (Å²) in [5, 5.41) is 0.635. The Morgan fingerprint density at radius 1 is 1.32 bits per heavy atom. The third-order valence-corrected chi connectivity index (χ3v) is 4.57. The van der Waals surface area contributed by atoms with E-state index in [1.54, 1.807) is 18.0 Å². The number of hydrogen-bond acceptors (Lipinski definition) is 4. The summed E-state index contributed by atoms with van der Waals surface area (Å²) in [5.41, 5.74) is 3.26. The number of halogens is 1. The molecule has 1 saturated heterocycles. The van der Waals surface area contributed by atoms with Crippen molar-refractivity contribution in [1.29, 1.82) is 0 Å². The zero-order valence-corrected chi connectivity index (χ0v) is 14.5. The lowest BCUT2D eigenvalue weighted by molar-refractivity contribution is -0.136. The Morgan fingerprint density at radius 3 is 3.04 bits per heavy atom. The quantitative estimate of drug-likeness (QED) is 0.708. The molecule has 0 saturated carbocycles. The number of fused-ring (bicyclic) bond motifs is 1. The van der Waals surface area contributed by atoms with Crippen LogP contribution in [0.15, 0.2) is 42.7 Å². The fourth-order valence-corrected chi connectivity index (χ4v) is 3.19. The lowest BCUT2D eigenvalue weighted by atomic mass is 10.1. The molecule has 4 heterocycles. The van der Waals surface area contributed by atoms with Crippen LogP contribution in [0.25, 0.3) is 17.0 Å². The summed E-state index contributed by atoms with van der Waals surface area (Å²) in [5.74, 6) is 0.0564. The Kier molecular flexibility index (Phi) is 4.15. The maximum absolute atomic E-state index is 11.6. The number of rotatable bonds is 2. The van der Waals surface area contributed by atoms with Crippen LogP contribution in [-0.4, -0.2) is 44.9 Å². The summed E-state index contributed by atoms with van der Waals surface area (Å²) in [7, 11) is 0. The van der Waals surface area contributed by atoms with Crippen LogP contribution in [0.5, 0.6) is 0 Å². The van der Waals surface area contributed by atoms with Crippen molar-refractivity contribution < 1.29 is 9.53 Å². The molecule has 6 nitrogen and oxygen atoms in total. The maximum Gasteiger partial charge on any atom is 0.219 e. The molecule has 0 spiro atoms. The number of nitrogens with zero attached hydrogens (tertiary/aromatic N) is 4. The SMILES string of the molecule is CC(=O)N1CCO[C@@H](c2cccc(-c3cnc4ccc(Cl)cn34)n2)C1. The molecule has 1 aliphatic heterocycles. The van der Waals surface area contributed by atoms with Gasteiger partial charge in [0.1, 0.15) is 11.8 Å². The topological polar surface area (TPSA) is 59.7 Å². The number of amides is 1. The lowest BCUT2D eigenvalue weighted by Gasteiger charge is -2.32. The van der Waals surface area contributed by atoms with Crippen molar-refractivity contribution in [3.63, 3.8) is 0 Å². The van der Waals surface area contributed by atoms with Gasteiger partial charge in [-0.1, -0.05) is 17.7 Å². The van der Waals surface area contributed by atoms with Gasteiger partial charge in [0.15, 0.2) is 0 Å². The highest BCUT2D eigenvalue weighted by atomic mass is 35.5. The molecule has 1 aliphatic rings. The van der Waals surface area contributed by atoms with Crippen molar-refractivity contribution in [3.05, 3.63) is 53.4 Å². The summed E-state index contributed by atoms with van der Waals surface area (Å²) >= 11 is 6.11. The Balaban J connectivity index is 1.69. The molecule has 0 unspecified atom stereocenters. The second-order valence-electron chi connectivity index (χ2n) is 5.99.